The first-order chi connectivity index (χ1) is 9.01. The summed E-state index contributed by atoms with van der Waals surface area (Å²) in [7, 11) is 0. The Balaban J connectivity index is 2.08. The van der Waals surface area contributed by atoms with Crippen LogP contribution in [0.4, 0.5) is 5.69 Å². The molecule has 1 aliphatic rings. The molecule has 1 aliphatic carbocycles. The number of nitro groups is 1. The van der Waals surface area contributed by atoms with Crippen molar-refractivity contribution in [3.63, 3.8) is 0 Å². The summed E-state index contributed by atoms with van der Waals surface area (Å²) in [6.07, 6.45) is 1.66. The van der Waals surface area contributed by atoms with Gasteiger partial charge < -0.3 is 10.1 Å². The van der Waals surface area contributed by atoms with Crippen LogP contribution in [0.1, 0.15) is 19.8 Å². The van der Waals surface area contributed by atoms with Gasteiger partial charge in [0.1, 0.15) is 6.10 Å². The minimum Gasteiger partial charge on any atom is -0.483 e. The lowest BCUT2D eigenvalue weighted by Gasteiger charge is -2.35. The van der Waals surface area contributed by atoms with Crippen LogP contribution in [0.5, 0.6) is 5.75 Å². The molecule has 104 valence electrons. The van der Waals surface area contributed by atoms with Gasteiger partial charge in [-0.25, -0.2) is 0 Å². The highest BCUT2D eigenvalue weighted by Gasteiger charge is 2.32. The molecule has 1 N–H and O–H groups in total. The number of nitrogens with one attached hydrogen (secondary N) is 1. The summed E-state index contributed by atoms with van der Waals surface area (Å²) in [5.74, 6) is 0.180. The highest BCUT2D eigenvalue weighted by Crippen LogP contribution is 2.38. The fraction of sp³-hybridized carbons (Fsp3) is 0.500. The molecule has 5 nitrogen and oxygen atoms in total. The van der Waals surface area contributed by atoms with E-state index in [1.165, 1.54) is 12.1 Å². The van der Waals surface area contributed by atoms with E-state index in [9.17, 15) is 10.1 Å². The van der Waals surface area contributed by atoms with Gasteiger partial charge in [-0.05, 0) is 19.4 Å². The van der Waals surface area contributed by atoms with Crippen molar-refractivity contribution in [3.8, 4) is 5.75 Å². The molecule has 0 spiro atoms. The lowest BCUT2D eigenvalue weighted by Crippen LogP contribution is -2.46. The third-order valence-electron chi connectivity index (χ3n) is 3.08. The molecule has 1 aromatic rings. The molecule has 19 heavy (non-hydrogen) atoms. The quantitative estimate of drug-likeness (QED) is 0.668. The van der Waals surface area contributed by atoms with Crippen molar-refractivity contribution in [2.75, 3.05) is 6.54 Å². The number of halogens is 2. The van der Waals surface area contributed by atoms with Crippen molar-refractivity contribution in [3.05, 3.63) is 32.3 Å². The first-order valence-corrected chi connectivity index (χ1v) is 6.80. The van der Waals surface area contributed by atoms with Gasteiger partial charge in [-0.1, -0.05) is 30.1 Å². The monoisotopic (exact) mass is 304 g/mol. The van der Waals surface area contributed by atoms with E-state index in [2.05, 4.69) is 5.32 Å². The van der Waals surface area contributed by atoms with Crippen molar-refractivity contribution in [1.29, 1.82) is 0 Å². The summed E-state index contributed by atoms with van der Waals surface area (Å²) in [6.45, 7) is 2.95. The second-order valence-corrected chi connectivity index (χ2v) is 5.27. The van der Waals surface area contributed by atoms with E-state index in [0.29, 0.717) is 6.04 Å². The molecule has 1 saturated carbocycles. The summed E-state index contributed by atoms with van der Waals surface area (Å²) in [5.41, 5.74) is -0.152. The molecular formula is C12H14Cl2N2O3. The van der Waals surface area contributed by atoms with Gasteiger partial charge in [0.15, 0.2) is 5.75 Å². The zero-order chi connectivity index (χ0) is 14.0. The van der Waals surface area contributed by atoms with Gasteiger partial charge in [-0.15, -0.1) is 0 Å². The standard InChI is InChI=1S/C12H14Cl2N2O3/c1-2-15-7-3-8(4-7)19-12-6-10(14)9(13)5-11(12)16(17)18/h5-8,15H,2-4H2,1H3. The summed E-state index contributed by atoms with van der Waals surface area (Å²) in [5, 5.41) is 14.7. The van der Waals surface area contributed by atoms with Crippen LogP contribution >= 0.6 is 23.2 Å². The highest BCUT2D eigenvalue weighted by molar-refractivity contribution is 6.42. The lowest BCUT2D eigenvalue weighted by molar-refractivity contribution is -0.386. The normalized spacial score (nSPS) is 21.8. The topological polar surface area (TPSA) is 64.4 Å². The molecule has 1 aromatic carbocycles. The molecule has 0 aromatic heterocycles. The van der Waals surface area contributed by atoms with E-state index < -0.39 is 4.92 Å². The first kappa shape index (κ1) is 14.4. The van der Waals surface area contributed by atoms with E-state index in [1.54, 1.807) is 0 Å². The number of nitro benzene ring substituents is 1. The third kappa shape index (κ3) is 3.29. The van der Waals surface area contributed by atoms with Crippen molar-refractivity contribution < 1.29 is 9.66 Å². The van der Waals surface area contributed by atoms with Gasteiger partial charge in [0.05, 0.1) is 15.0 Å². The van der Waals surface area contributed by atoms with Crippen LogP contribution in [0, 0.1) is 10.1 Å². The summed E-state index contributed by atoms with van der Waals surface area (Å²) in [6, 6.07) is 3.05. The fourth-order valence-electron chi connectivity index (χ4n) is 2.05. The highest BCUT2D eigenvalue weighted by atomic mass is 35.5. The Labute approximate surface area is 121 Å². The Hall–Kier alpha value is -1.04. The van der Waals surface area contributed by atoms with E-state index in [4.69, 9.17) is 27.9 Å². The Bertz CT molecular complexity index is 490. The van der Waals surface area contributed by atoms with E-state index in [1.807, 2.05) is 6.92 Å². The van der Waals surface area contributed by atoms with E-state index in [0.717, 1.165) is 19.4 Å². The van der Waals surface area contributed by atoms with Gasteiger partial charge in [0, 0.05) is 18.2 Å². The molecule has 1 fully saturated rings. The fourth-order valence-corrected chi connectivity index (χ4v) is 2.36. The third-order valence-corrected chi connectivity index (χ3v) is 3.80. The number of hydrogen-bond acceptors (Lipinski definition) is 4. The second-order valence-electron chi connectivity index (χ2n) is 4.46. The van der Waals surface area contributed by atoms with Crippen LogP contribution in [0.2, 0.25) is 10.0 Å². The van der Waals surface area contributed by atoms with Crippen molar-refractivity contribution >= 4 is 28.9 Å². The maximum Gasteiger partial charge on any atom is 0.312 e. The van der Waals surface area contributed by atoms with Gasteiger partial charge in [0.25, 0.3) is 0 Å². The minimum atomic E-state index is -0.516. The van der Waals surface area contributed by atoms with Gasteiger partial charge in [0.2, 0.25) is 0 Å². The van der Waals surface area contributed by atoms with Crippen molar-refractivity contribution in [1.82, 2.24) is 5.32 Å². The molecule has 0 radical (unpaired) electrons. The molecule has 0 amide bonds. The predicted octanol–water partition coefficient (Wildman–Crippen LogP) is 3.42. The van der Waals surface area contributed by atoms with Crippen molar-refractivity contribution in [2.24, 2.45) is 0 Å². The minimum absolute atomic E-state index is 0.0139. The lowest BCUT2D eigenvalue weighted by atomic mass is 9.89. The molecule has 0 saturated heterocycles. The van der Waals surface area contributed by atoms with Gasteiger partial charge in [-0.3, -0.25) is 10.1 Å². The maximum absolute atomic E-state index is 11.0. The number of hydrogen-bond donors (Lipinski definition) is 1. The summed E-state index contributed by atoms with van der Waals surface area (Å²) < 4.78 is 5.63. The average Bonchev–Trinajstić information content (AvgIpc) is 2.30. The van der Waals surface area contributed by atoms with Crippen LogP contribution < -0.4 is 10.1 Å². The molecule has 0 unspecified atom stereocenters. The molecule has 0 heterocycles. The van der Waals surface area contributed by atoms with Crippen LogP contribution in [0.25, 0.3) is 0 Å². The summed E-state index contributed by atoms with van der Waals surface area (Å²) >= 11 is 11.6. The molecule has 2 rings (SSSR count). The average molecular weight is 305 g/mol. The van der Waals surface area contributed by atoms with Crippen LogP contribution in [0.3, 0.4) is 0 Å². The Morgan fingerprint density at radius 3 is 2.63 bits per heavy atom. The summed E-state index contributed by atoms with van der Waals surface area (Å²) in [4.78, 5) is 10.4. The van der Waals surface area contributed by atoms with Crippen LogP contribution in [-0.4, -0.2) is 23.6 Å². The smallest absolute Gasteiger partial charge is 0.312 e. The molecule has 7 heteroatoms. The largest absolute Gasteiger partial charge is 0.483 e. The Morgan fingerprint density at radius 1 is 1.42 bits per heavy atom. The Kier molecular flexibility index (Phi) is 4.50. The van der Waals surface area contributed by atoms with Crippen molar-refractivity contribution in [2.45, 2.75) is 31.9 Å². The zero-order valence-corrected chi connectivity index (χ0v) is 11.9. The SMILES string of the molecule is CCNC1CC(Oc2cc(Cl)c(Cl)cc2[N+](=O)[O-])C1. The molecule has 0 aliphatic heterocycles. The maximum atomic E-state index is 11.0. The first-order valence-electron chi connectivity index (χ1n) is 6.04. The van der Waals surface area contributed by atoms with E-state index >= 15 is 0 Å². The number of ether oxygens (including phenoxy) is 1. The molecule has 0 bridgehead atoms. The number of rotatable bonds is 5. The second kappa shape index (κ2) is 5.94. The van der Waals surface area contributed by atoms with E-state index in [-0.39, 0.29) is 27.6 Å². The number of benzene rings is 1. The number of nitrogens with zero attached hydrogens (tertiary/aromatic N) is 1. The molecular weight excluding hydrogens is 291 g/mol. The van der Waals surface area contributed by atoms with Gasteiger partial charge >= 0.3 is 5.69 Å². The van der Waals surface area contributed by atoms with Crippen LogP contribution in [-0.2, 0) is 0 Å². The predicted molar refractivity (Wildman–Crippen MR) is 74.2 cm³/mol. The van der Waals surface area contributed by atoms with Gasteiger partial charge in [-0.2, -0.15) is 0 Å². The zero-order valence-electron chi connectivity index (χ0n) is 10.4. The Morgan fingerprint density at radius 2 is 2.05 bits per heavy atom. The van der Waals surface area contributed by atoms with Crippen LogP contribution in [0.15, 0.2) is 12.1 Å². The molecule has 0 atom stereocenters.